The van der Waals surface area contributed by atoms with E-state index in [1.54, 1.807) is 44.3 Å². The highest BCUT2D eigenvalue weighted by atomic mass is 16.5. The zero-order valence-electron chi connectivity index (χ0n) is 15.2. The molecule has 2 aromatic rings. The number of benzene rings is 1. The maximum Gasteiger partial charge on any atom is 0.252 e. The predicted molar refractivity (Wildman–Crippen MR) is 97.0 cm³/mol. The second-order valence-electron chi connectivity index (χ2n) is 6.10. The molecule has 0 bridgehead atoms. The molecular formula is C18H24N4O4. The van der Waals surface area contributed by atoms with E-state index >= 15 is 0 Å². The Morgan fingerprint density at radius 2 is 1.81 bits per heavy atom. The molecule has 1 aromatic heterocycles. The summed E-state index contributed by atoms with van der Waals surface area (Å²) in [5, 5.41) is 10.6. The molecule has 0 unspecified atom stereocenters. The van der Waals surface area contributed by atoms with Crippen LogP contribution in [0.3, 0.4) is 0 Å². The number of anilines is 1. The third-order valence-corrected chi connectivity index (χ3v) is 4.72. The van der Waals surface area contributed by atoms with E-state index in [1.807, 2.05) is 12.3 Å². The topological polar surface area (TPSA) is 86.6 Å². The van der Waals surface area contributed by atoms with Crippen LogP contribution in [0.2, 0.25) is 0 Å². The van der Waals surface area contributed by atoms with Gasteiger partial charge in [0, 0.05) is 30.2 Å². The van der Waals surface area contributed by atoms with Crippen molar-refractivity contribution in [2.24, 2.45) is 0 Å². The molecule has 1 saturated heterocycles. The number of nitrogens with zero attached hydrogens (tertiary/aromatic N) is 2. The Morgan fingerprint density at radius 3 is 2.31 bits per heavy atom. The molecular weight excluding hydrogens is 336 g/mol. The third kappa shape index (κ3) is 3.20. The molecule has 0 saturated carbocycles. The number of methoxy groups -OCH3 is 3. The molecule has 1 aliphatic heterocycles. The number of carbonyl (C=O) groups excluding carboxylic acids is 1. The van der Waals surface area contributed by atoms with Gasteiger partial charge in [0.25, 0.3) is 5.91 Å². The van der Waals surface area contributed by atoms with Crippen LogP contribution in [0.25, 0.3) is 0 Å². The molecule has 0 atom stereocenters. The summed E-state index contributed by atoms with van der Waals surface area (Å²) in [6.07, 6.45) is 4.84. The van der Waals surface area contributed by atoms with Gasteiger partial charge in [-0.05, 0) is 32.0 Å². The monoisotopic (exact) mass is 360 g/mol. The minimum absolute atomic E-state index is 0.114. The summed E-state index contributed by atoms with van der Waals surface area (Å²) >= 11 is 0. The van der Waals surface area contributed by atoms with Crippen molar-refractivity contribution in [3.05, 3.63) is 30.6 Å². The van der Waals surface area contributed by atoms with Gasteiger partial charge in [-0.3, -0.25) is 9.48 Å². The Balaban J connectivity index is 1.93. The standard InChI is InChI=1S/C18H24N4O4/c1-24-14-11-13(12-15(25-2)16(14)26-3)21-17(23)18(5-8-19-9-6-18)22-10-4-7-20-22/h4,7,10-12,19H,5-6,8-9H2,1-3H3,(H,21,23). The number of rotatable bonds is 6. The van der Waals surface area contributed by atoms with Crippen molar-refractivity contribution >= 4 is 11.6 Å². The van der Waals surface area contributed by atoms with Crippen molar-refractivity contribution < 1.29 is 19.0 Å². The Hall–Kier alpha value is -2.74. The van der Waals surface area contributed by atoms with Crippen LogP contribution in [0.5, 0.6) is 17.2 Å². The molecule has 0 radical (unpaired) electrons. The molecule has 26 heavy (non-hydrogen) atoms. The Labute approximate surface area is 152 Å². The summed E-state index contributed by atoms with van der Waals surface area (Å²) in [6, 6.07) is 5.27. The Kier molecular flexibility index (Phi) is 5.32. The average molecular weight is 360 g/mol. The molecule has 1 aromatic carbocycles. The molecule has 8 nitrogen and oxygen atoms in total. The number of hydrogen-bond donors (Lipinski definition) is 2. The molecule has 0 aliphatic carbocycles. The lowest BCUT2D eigenvalue weighted by Gasteiger charge is -2.36. The third-order valence-electron chi connectivity index (χ3n) is 4.72. The van der Waals surface area contributed by atoms with E-state index in [0.717, 1.165) is 13.1 Å². The van der Waals surface area contributed by atoms with E-state index < -0.39 is 5.54 Å². The summed E-state index contributed by atoms with van der Waals surface area (Å²) < 4.78 is 17.8. The second kappa shape index (κ2) is 7.65. The number of piperidine rings is 1. The lowest BCUT2D eigenvalue weighted by atomic mass is 9.87. The zero-order valence-corrected chi connectivity index (χ0v) is 15.2. The lowest BCUT2D eigenvalue weighted by molar-refractivity contribution is -0.126. The number of amides is 1. The minimum Gasteiger partial charge on any atom is -0.493 e. The van der Waals surface area contributed by atoms with Gasteiger partial charge >= 0.3 is 0 Å². The van der Waals surface area contributed by atoms with E-state index in [0.29, 0.717) is 35.8 Å². The summed E-state index contributed by atoms with van der Waals surface area (Å²) in [5.41, 5.74) is -0.149. The Bertz CT molecular complexity index is 730. The van der Waals surface area contributed by atoms with Gasteiger partial charge in [-0.25, -0.2) is 0 Å². The maximum absolute atomic E-state index is 13.2. The molecule has 140 valence electrons. The molecule has 1 amide bonds. The first-order valence-electron chi connectivity index (χ1n) is 8.47. The molecule has 2 heterocycles. The van der Waals surface area contributed by atoms with Crippen LogP contribution in [0.4, 0.5) is 5.69 Å². The maximum atomic E-state index is 13.2. The van der Waals surface area contributed by atoms with Crippen molar-refractivity contribution in [2.45, 2.75) is 18.4 Å². The van der Waals surface area contributed by atoms with Crippen molar-refractivity contribution in [3.8, 4) is 17.2 Å². The summed E-state index contributed by atoms with van der Waals surface area (Å²) in [7, 11) is 4.63. The van der Waals surface area contributed by atoms with E-state index in [-0.39, 0.29) is 5.91 Å². The van der Waals surface area contributed by atoms with Gasteiger partial charge in [-0.15, -0.1) is 0 Å². The fourth-order valence-corrected chi connectivity index (χ4v) is 3.32. The fourth-order valence-electron chi connectivity index (χ4n) is 3.32. The highest BCUT2D eigenvalue weighted by Crippen LogP contribution is 2.40. The number of carbonyl (C=O) groups is 1. The highest BCUT2D eigenvalue weighted by molar-refractivity contribution is 5.97. The minimum atomic E-state index is -0.727. The largest absolute Gasteiger partial charge is 0.493 e. The lowest BCUT2D eigenvalue weighted by Crippen LogP contribution is -2.52. The SMILES string of the molecule is COc1cc(NC(=O)C2(n3cccn3)CCNCC2)cc(OC)c1OC. The van der Waals surface area contributed by atoms with Crippen molar-refractivity contribution in [2.75, 3.05) is 39.7 Å². The fraction of sp³-hybridized carbons (Fsp3) is 0.444. The highest BCUT2D eigenvalue weighted by Gasteiger charge is 2.42. The molecule has 1 aliphatic rings. The Morgan fingerprint density at radius 1 is 1.15 bits per heavy atom. The van der Waals surface area contributed by atoms with Crippen LogP contribution in [0, 0.1) is 0 Å². The summed E-state index contributed by atoms with van der Waals surface area (Å²) in [4.78, 5) is 13.2. The molecule has 1 fully saturated rings. The predicted octanol–water partition coefficient (Wildman–Crippen LogP) is 1.63. The van der Waals surface area contributed by atoms with Gasteiger partial charge in [0.2, 0.25) is 5.75 Å². The van der Waals surface area contributed by atoms with Gasteiger partial charge in [-0.2, -0.15) is 5.10 Å². The second-order valence-corrected chi connectivity index (χ2v) is 6.10. The van der Waals surface area contributed by atoms with Crippen molar-refractivity contribution in [1.82, 2.24) is 15.1 Å². The van der Waals surface area contributed by atoms with E-state index in [1.165, 1.54) is 0 Å². The van der Waals surface area contributed by atoms with Crippen LogP contribution in [-0.4, -0.2) is 50.1 Å². The van der Waals surface area contributed by atoms with Crippen molar-refractivity contribution in [3.63, 3.8) is 0 Å². The van der Waals surface area contributed by atoms with E-state index in [2.05, 4.69) is 15.7 Å². The first kappa shape index (κ1) is 18.1. The van der Waals surface area contributed by atoms with Gasteiger partial charge < -0.3 is 24.8 Å². The van der Waals surface area contributed by atoms with Gasteiger partial charge in [0.05, 0.1) is 21.3 Å². The number of aromatic nitrogens is 2. The molecule has 3 rings (SSSR count). The van der Waals surface area contributed by atoms with Gasteiger partial charge in [-0.1, -0.05) is 0 Å². The number of nitrogens with one attached hydrogen (secondary N) is 2. The quantitative estimate of drug-likeness (QED) is 0.814. The number of ether oxygens (including phenoxy) is 3. The van der Waals surface area contributed by atoms with Crippen LogP contribution in [0.1, 0.15) is 12.8 Å². The van der Waals surface area contributed by atoms with Crippen molar-refractivity contribution in [1.29, 1.82) is 0 Å². The molecule has 2 N–H and O–H groups in total. The van der Waals surface area contributed by atoms with Crippen LogP contribution >= 0.6 is 0 Å². The van der Waals surface area contributed by atoms with Crippen LogP contribution in [-0.2, 0) is 10.3 Å². The van der Waals surface area contributed by atoms with Crippen LogP contribution in [0.15, 0.2) is 30.6 Å². The van der Waals surface area contributed by atoms with Gasteiger partial charge in [0.15, 0.2) is 11.5 Å². The number of hydrogen-bond acceptors (Lipinski definition) is 6. The van der Waals surface area contributed by atoms with E-state index in [9.17, 15) is 4.79 Å². The first-order valence-corrected chi connectivity index (χ1v) is 8.47. The zero-order chi connectivity index (χ0) is 18.6. The normalized spacial score (nSPS) is 16.0. The van der Waals surface area contributed by atoms with Gasteiger partial charge in [0.1, 0.15) is 5.54 Å². The smallest absolute Gasteiger partial charge is 0.252 e. The molecule has 8 heteroatoms. The van der Waals surface area contributed by atoms with E-state index in [4.69, 9.17) is 14.2 Å². The molecule has 0 spiro atoms. The van der Waals surface area contributed by atoms with Crippen LogP contribution < -0.4 is 24.8 Å². The summed E-state index contributed by atoms with van der Waals surface area (Å²) in [5.74, 6) is 1.34. The first-order chi connectivity index (χ1) is 12.6. The average Bonchev–Trinajstić information content (AvgIpc) is 3.23. The summed E-state index contributed by atoms with van der Waals surface area (Å²) in [6.45, 7) is 1.51.